The first-order valence-electron chi connectivity index (χ1n) is 8.55. The molecule has 2 rings (SSSR count). The van der Waals surface area contributed by atoms with Crippen LogP contribution in [0.3, 0.4) is 0 Å². The molecular weight excluding hydrogens is 246 g/mol. The number of nitrogens with zero attached hydrogens (tertiary/aromatic N) is 2. The third-order valence-corrected chi connectivity index (χ3v) is 4.87. The summed E-state index contributed by atoms with van der Waals surface area (Å²) in [6.45, 7) is 8.85. The van der Waals surface area contributed by atoms with Gasteiger partial charge in [0.05, 0.1) is 11.7 Å². The van der Waals surface area contributed by atoms with Crippen LogP contribution in [0.1, 0.15) is 71.0 Å². The summed E-state index contributed by atoms with van der Waals surface area (Å²) in [6, 6.07) is 2.71. The second-order valence-electron chi connectivity index (χ2n) is 6.20. The Bertz CT molecular complexity index is 377. The van der Waals surface area contributed by atoms with Gasteiger partial charge in [0.1, 0.15) is 0 Å². The van der Waals surface area contributed by atoms with E-state index in [1.54, 1.807) is 0 Å². The molecule has 1 aromatic heterocycles. The molecule has 1 saturated carbocycles. The van der Waals surface area contributed by atoms with Gasteiger partial charge in [-0.25, -0.2) is 0 Å². The van der Waals surface area contributed by atoms with E-state index in [4.69, 9.17) is 0 Å². The Morgan fingerprint density at radius 1 is 1.25 bits per heavy atom. The lowest BCUT2D eigenvalue weighted by molar-refractivity contribution is 0.213. The van der Waals surface area contributed by atoms with E-state index < -0.39 is 0 Å². The summed E-state index contributed by atoms with van der Waals surface area (Å²) in [5.74, 6) is 1.75. The van der Waals surface area contributed by atoms with Crippen LogP contribution < -0.4 is 5.32 Å². The quantitative estimate of drug-likeness (QED) is 0.811. The smallest absolute Gasteiger partial charge is 0.0556 e. The fourth-order valence-electron chi connectivity index (χ4n) is 3.67. The molecule has 0 amide bonds. The highest BCUT2D eigenvalue weighted by atomic mass is 15.3. The Labute approximate surface area is 124 Å². The third kappa shape index (κ3) is 3.63. The first-order valence-corrected chi connectivity index (χ1v) is 8.55. The number of rotatable bonds is 7. The van der Waals surface area contributed by atoms with E-state index in [2.05, 4.69) is 41.9 Å². The van der Waals surface area contributed by atoms with Crippen molar-refractivity contribution < 1.29 is 0 Å². The monoisotopic (exact) mass is 277 g/mol. The second kappa shape index (κ2) is 7.82. The molecule has 1 atom stereocenters. The van der Waals surface area contributed by atoms with Gasteiger partial charge in [-0.2, -0.15) is 5.10 Å². The summed E-state index contributed by atoms with van der Waals surface area (Å²) >= 11 is 0. The van der Waals surface area contributed by atoms with Crippen LogP contribution in [-0.4, -0.2) is 16.3 Å². The largest absolute Gasteiger partial charge is 0.309 e. The zero-order valence-electron chi connectivity index (χ0n) is 13.4. The highest BCUT2D eigenvalue weighted by Gasteiger charge is 2.29. The second-order valence-corrected chi connectivity index (χ2v) is 6.20. The lowest BCUT2D eigenvalue weighted by Crippen LogP contribution is -2.32. The first kappa shape index (κ1) is 15.6. The van der Waals surface area contributed by atoms with Crippen LogP contribution in [0.2, 0.25) is 0 Å². The normalized spacial score (nSPS) is 24.8. The van der Waals surface area contributed by atoms with Crippen LogP contribution in [0.25, 0.3) is 0 Å². The Morgan fingerprint density at radius 3 is 2.60 bits per heavy atom. The molecule has 3 nitrogen and oxygen atoms in total. The van der Waals surface area contributed by atoms with Gasteiger partial charge in [-0.05, 0) is 43.7 Å². The fraction of sp³-hybridized carbons (Fsp3) is 0.824. The summed E-state index contributed by atoms with van der Waals surface area (Å²) in [4.78, 5) is 0. The Kier molecular flexibility index (Phi) is 6.08. The molecule has 1 aromatic rings. The van der Waals surface area contributed by atoms with Crippen molar-refractivity contribution in [2.45, 2.75) is 71.9 Å². The minimum Gasteiger partial charge on any atom is -0.309 e. The first-order chi connectivity index (χ1) is 9.80. The van der Waals surface area contributed by atoms with Crippen LogP contribution in [0.5, 0.6) is 0 Å². The molecule has 3 heteroatoms. The van der Waals surface area contributed by atoms with Crippen LogP contribution in [0, 0.1) is 11.8 Å². The molecule has 0 aromatic carbocycles. The molecule has 0 aliphatic heterocycles. The molecular formula is C17H31N3. The van der Waals surface area contributed by atoms with E-state index in [1.165, 1.54) is 37.8 Å². The average Bonchev–Trinajstić information content (AvgIpc) is 2.93. The zero-order chi connectivity index (χ0) is 14.4. The molecule has 1 N–H and O–H groups in total. The maximum atomic E-state index is 4.51. The van der Waals surface area contributed by atoms with E-state index >= 15 is 0 Å². The van der Waals surface area contributed by atoms with E-state index in [9.17, 15) is 0 Å². The topological polar surface area (TPSA) is 29.9 Å². The predicted molar refractivity (Wildman–Crippen MR) is 84.7 cm³/mol. The molecule has 114 valence electrons. The number of hydrogen-bond donors (Lipinski definition) is 1. The number of hydrogen-bond acceptors (Lipinski definition) is 2. The molecule has 0 saturated heterocycles. The summed E-state index contributed by atoms with van der Waals surface area (Å²) in [6.07, 6.45) is 10.0. The van der Waals surface area contributed by atoms with Crippen molar-refractivity contribution >= 4 is 0 Å². The number of aryl methyl sites for hydroxylation is 1. The van der Waals surface area contributed by atoms with Crippen molar-refractivity contribution in [2.24, 2.45) is 11.8 Å². The molecule has 1 unspecified atom stereocenters. The molecule has 0 bridgehead atoms. The highest BCUT2D eigenvalue weighted by molar-refractivity contribution is 5.09. The Morgan fingerprint density at radius 2 is 2.00 bits per heavy atom. The average molecular weight is 277 g/mol. The van der Waals surface area contributed by atoms with Gasteiger partial charge in [0.25, 0.3) is 0 Å². The predicted octanol–water partition coefficient (Wildman–Crippen LogP) is 4.16. The van der Waals surface area contributed by atoms with Gasteiger partial charge < -0.3 is 5.32 Å². The SMILES string of the molecule is CCCn1nccc1C(NCC)C1CCC(CC)CC1. The molecule has 1 aliphatic carbocycles. The zero-order valence-corrected chi connectivity index (χ0v) is 13.4. The molecule has 1 aliphatic rings. The van der Waals surface area contributed by atoms with Crippen LogP contribution >= 0.6 is 0 Å². The summed E-state index contributed by atoms with van der Waals surface area (Å²) in [7, 11) is 0. The van der Waals surface area contributed by atoms with Crippen molar-refractivity contribution in [1.29, 1.82) is 0 Å². The van der Waals surface area contributed by atoms with Gasteiger partial charge in [-0.3, -0.25) is 4.68 Å². The van der Waals surface area contributed by atoms with Crippen molar-refractivity contribution in [2.75, 3.05) is 6.54 Å². The molecule has 20 heavy (non-hydrogen) atoms. The minimum atomic E-state index is 0.492. The van der Waals surface area contributed by atoms with Crippen molar-refractivity contribution in [3.8, 4) is 0 Å². The lowest BCUT2D eigenvalue weighted by Gasteiger charge is -2.34. The van der Waals surface area contributed by atoms with Gasteiger partial charge in [-0.1, -0.05) is 40.0 Å². The standard InChI is InChI=1S/C17H31N3/c1-4-13-20-16(11-12-19-20)17(18-6-3)15-9-7-14(5-2)8-10-15/h11-12,14-15,17-18H,4-10,13H2,1-3H3. The van der Waals surface area contributed by atoms with Crippen molar-refractivity contribution in [1.82, 2.24) is 15.1 Å². The van der Waals surface area contributed by atoms with Gasteiger partial charge in [0.2, 0.25) is 0 Å². The molecule has 1 heterocycles. The van der Waals surface area contributed by atoms with Crippen LogP contribution in [0.4, 0.5) is 0 Å². The van der Waals surface area contributed by atoms with E-state index in [-0.39, 0.29) is 0 Å². The summed E-state index contributed by atoms with van der Waals surface area (Å²) in [5, 5.41) is 8.24. The van der Waals surface area contributed by atoms with Gasteiger partial charge in [-0.15, -0.1) is 0 Å². The highest BCUT2D eigenvalue weighted by Crippen LogP contribution is 2.37. The van der Waals surface area contributed by atoms with E-state index in [0.717, 1.165) is 31.3 Å². The molecule has 0 spiro atoms. The summed E-state index contributed by atoms with van der Waals surface area (Å²) < 4.78 is 2.21. The van der Waals surface area contributed by atoms with Crippen molar-refractivity contribution in [3.05, 3.63) is 18.0 Å². The third-order valence-electron chi connectivity index (χ3n) is 4.87. The Hall–Kier alpha value is -0.830. The minimum absolute atomic E-state index is 0.492. The number of nitrogens with one attached hydrogen (secondary N) is 1. The van der Waals surface area contributed by atoms with Gasteiger partial charge >= 0.3 is 0 Å². The summed E-state index contributed by atoms with van der Waals surface area (Å²) in [5.41, 5.74) is 1.40. The molecule has 0 radical (unpaired) electrons. The Balaban J connectivity index is 2.08. The van der Waals surface area contributed by atoms with Crippen LogP contribution in [0.15, 0.2) is 12.3 Å². The maximum Gasteiger partial charge on any atom is 0.0556 e. The van der Waals surface area contributed by atoms with E-state index in [1.807, 2.05) is 6.20 Å². The van der Waals surface area contributed by atoms with Gasteiger partial charge in [0.15, 0.2) is 0 Å². The number of aromatic nitrogens is 2. The fourth-order valence-corrected chi connectivity index (χ4v) is 3.67. The maximum absolute atomic E-state index is 4.51. The lowest BCUT2D eigenvalue weighted by atomic mass is 9.77. The van der Waals surface area contributed by atoms with Crippen LogP contribution in [-0.2, 0) is 6.54 Å². The van der Waals surface area contributed by atoms with Crippen molar-refractivity contribution in [3.63, 3.8) is 0 Å². The molecule has 1 fully saturated rings. The van der Waals surface area contributed by atoms with E-state index in [0.29, 0.717) is 6.04 Å². The van der Waals surface area contributed by atoms with Gasteiger partial charge in [0, 0.05) is 12.7 Å².